The maximum atomic E-state index is 12.8. The zero-order chi connectivity index (χ0) is 19.8. The molecule has 0 bridgehead atoms. The fraction of sp³-hybridized carbons (Fsp3) is 0.429. The summed E-state index contributed by atoms with van der Waals surface area (Å²) in [5, 5.41) is 4.74. The quantitative estimate of drug-likeness (QED) is 0.450. The van der Waals surface area contributed by atoms with Gasteiger partial charge < -0.3 is 15.0 Å². The van der Waals surface area contributed by atoms with Crippen molar-refractivity contribution < 1.29 is 9.53 Å². The standard InChI is InChI=1S/C21H28N2O2S2/c1-5-13-23(14-6-2)21(26)22-19-18(20(24)25-7-3)17(15(4)27-19)16-11-9-8-10-12-16/h8-12H,5-7,13-14H2,1-4H3,(H,22,26). The lowest BCUT2D eigenvalue weighted by Gasteiger charge is -2.24. The Morgan fingerprint density at radius 2 is 1.78 bits per heavy atom. The lowest BCUT2D eigenvalue weighted by Crippen LogP contribution is -2.36. The molecule has 2 rings (SSSR count). The van der Waals surface area contributed by atoms with Gasteiger partial charge in [-0.2, -0.15) is 0 Å². The van der Waals surface area contributed by atoms with Crippen LogP contribution in [-0.4, -0.2) is 35.7 Å². The van der Waals surface area contributed by atoms with E-state index in [4.69, 9.17) is 17.0 Å². The summed E-state index contributed by atoms with van der Waals surface area (Å²) in [6.45, 7) is 10.2. The number of benzene rings is 1. The molecule has 0 saturated carbocycles. The number of thiophene rings is 1. The van der Waals surface area contributed by atoms with E-state index in [0.717, 1.165) is 46.9 Å². The lowest BCUT2D eigenvalue weighted by molar-refractivity contribution is 0.0529. The van der Waals surface area contributed by atoms with Gasteiger partial charge in [-0.25, -0.2) is 4.79 Å². The van der Waals surface area contributed by atoms with E-state index < -0.39 is 0 Å². The molecule has 1 aromatic heterocycles. The molecule has 0 spiro atoms. The maximum Gasteiger partial charge on any atom is 0.341 e. The predicted molar refractivity (Wildman–Crippen MR) is 119 cm³/mol. The minimum absolute atomic E-state index is 0.316. The van der Waals surface area contributed by atoms with E-state index in [1.165, 1.54) is 0 Å². The number of ether oxygens (including phenoxy) is 1. The molecule has 1 N–H and O–H groups in total. The Morgan fingerprint density at radius 1 is 1.15 bits per heavy atom. The molecule has 0 unspecified atom stereocenters. The summed E-state index contributed by atoms with van der Waals surface area (Å²) < 4.78 is 5.35. The third-order valence-corrected chi connectivity index (χ3v) is 5.50. The first-order valence-corrected chi connectivity index (χ1v) is 10.7. The Balaban J connectivity index is 2.44. The molecule has 0 aliphatic heterocycles. The minimum atomic E-state index is -0.316. The third-order valence-electron chi connectivity index (χ3n) is 4.12. The number of anilines is 1. The van der Waals surface area contributed by atoms with E-state index in [1.807, 2.05) is 44.2 Å². The van der Waals surface area contributed by atoms with Crippen molar-refractivity contribution >= 4 is 39.6 Å². The van der Waals surface area contributed by atoms with Crippen LogP contribution in [0.3, 0.4) is 0 Å². The molecular formula is C21H28N2O2S2. The SMILES string of the molecule is CCCN(CCC)C(=S)Nc1sc(C)c(-c2ccccc2)c1C(=O)OCC. The molecule has 0 fully saturated rings. The van der Waals surface area contributed by atoms with Gasteiger partial charge in [0.05, 0.1) is 6.61 Å². The Morgan fingerprint density at radius 3 is 2.33 bits per heavy atom. The fourth-order valence-corrected chi connectivity index (χ4v) is 4.43. The molecule has 2 aromatic rings. The number of esters is 1. The van der Waals surface area contributed by atoms with E-state index in [2.05, 4.69) is 24.1 Å². The molecule has 146 valence electrons. The first kappa shape index (κ1) is 21.4. The van der Waals surface area contributed by atoms with Crippen molar-refractivity contribution in [3.63, 3.8) is 0 Å². The van der Waals surface area contributed by atoms with Gasteiger partial charge in [-0.15, -0.1) is 11.3 Å². The van der Waals surface area contributed by atoms with Crippen LogP contribution in [0.25, 0.3) is 11.1 Å². The number of hydrogen-bond donors (Lipinski definition) is 1. The van der Waals surface area contributed by atoms with Crippen molar-refractivity contribution in [3.05, 3.63) is 40.8 Å². The normalized spacial score (nSPS) is 10.5. The van der Waals surface area contributed by atoms with Gasteiger partial charge >= 0.3 is 5.97 Å². The number of carbonyl (C=O) groups is 1. The lowest BCUT2D eigenvalue weighted by atomic mass is 10.0. The van der Waals surface area contributed by atoms with Gasteiger partial charge in [-0.1, -0.05) is 44.2 Å². The van der Waals surface area contributed by atoms with Crippen molar-refractivity contribution in [1.29, 1.82) is 0 Å². The Hall–Kier alpha value is -1.92. The second-order valence-corrected chi connectivity index (χ2v) is 7.85. The number of thiocarbonyl (C=S) groups is 1. The number of carbonyl (C=O) groups excluding carboxylic acids is 1. The Labute approximate surface area is 171 Å². The summed E-state index contributed by atoms with van der Waals surface area (Å²) in [6.07, 6.45) is 2.04. The summed E-state index contributed by atoms with van der Waals surface area (Å²) in [5.74, 6) is -0.316. The summed E-state index contributed by atoms with van der Waals surface area (Å²) in [5.41, 5.74) is 2.50. The van der Waals surface area contributed by atoms with Crippen molar-refractivity contribution in [2.24, 2.45) is 0 Å². The van der Waals surface area contributed by atoms with Crippen LogP contribution in [0.4, 0.5) is 5.00 Å². The smallest absolute Gasteiger partial charge is 0.341 e. The summed E-state index contributed by atoms with van der Waals surface area (Å²) in [7, 11) is 0. The molecule has 0 aliphatic rings. The van der Waals surface area contributed by atoms with Gasteiger partial charge in [0.1, 0.15) is 10.6 Å². The van der Waals surface area contributed by atoms with E-state index >= 15 is 0 Å². The molecule has 4 nitrogen and oxygen atoms in total. The molecule has 0 radical (unpaired) electrons. The Kier molecular flexibility index (Phi) is 8.25. The van der Waals surface area contributed by atoms with E-state index in [-0.39, 0.29) is 5.97 Å². The predicted octanol–water partition coefficient (Wildman–Crippen LogP) is 5.72. The molecule has 0 amide bonds. The number of hydrogen-bond acceptors (Lipinski definition) is 4. The highest BCUT2D eigenvalue weighted by molar-refractivity contribution is 7.80. The zero-order valence-corrected chi connectivity index (χ0v) is 18.1. The van der Waals surface area contributed by atoms with E-state index in [9.17, 15) is 4.79 Å². The molecular weight excluding hydrogens is 376 g/mol. The van der Waals surface area contributed by atoms with Gasteiger partial charge in [-0.05, 0) is 44.5 Å². The highest BCUT2D eigenvalue weighted by Crippen LogP contribution is 2.40. The fourth-order valence-electron chi connectivity index (χ4n) is 3.01. The molecule has 0 aliphatic carbocycles. The molecule has 1 aromatic carbocycles. The maximum absolute atomic E-state index is 12.8. The van der Waals surface area contributed by atoms with Crippen LogP contribution in [-0.2, 0) is 4.74 Å². The van der Waals surface area contributed by atoms with Crippen LogP contribution in [0.5, 0.6) is 0 Å². The third kappa shape index (κ3) is 5.30. The van der Waals surface area contributed by atoms with Crippen molar-refractivity contribution in [3.8, 4) is 11.1 Å². The molecule has 6 heteroatoms. The molecule has 0 atom stereocenters. The average molecular weight is 405 g/mol. The summed E-state index contributed by atoms with van der Waals surface area (Å²) >= 11 is 7.18. The summed E-state index contributed by atoms with van der Waals surface area (Å²) in [4.78, 5) is 16.0. The first-order valence-electron chi connectivity index (χ1n) is 9.45. The second kappa shape index (κ2) is 10.4. The van der Waals surface area contributed by atoms with Crippen LogP contribution in [0.15, 0.2) is 30.3 Å². The van der Waals surface area contributed by atoms with Gasteiger partial charge in [0.25, 0.3) is 0 Å². The number of nitrogens with one attached hydrogen (secondary N) is 1. The number of nitrogens with zero attached hydrogens (tertiary/aromatic N) is 1. The van der Waals surface area contributed by atoms with Crippen LogP contribution in [0, 0.1) is 6.92 Å². The number of aryl methyl sites for hydroxylation is 1. The zero-order valence-electron chi connectivity index (χ0n) is 16.5. The van der Waals surface area contributed by atoms with Crippen molar-refractivity contribution in [2.75, 3.05) is 25.0 Å². The van der Waals surface area contributed by atoms with Crippen molar-refractivity contribution in [2.45, 2.75) is 40.5 Å². The van der Waals surface area contributed by atoms with Crippen LogP contribution in [0.1, 0.15) is 48.8 Å². The second-order valence-electron chi connectivity index (χ2n) is 6.24. The molecule has 1 heterocycles. The average Bonchev–Trinajstić information content (AvgIpc) is 2.98. The largest absolute Gasteiger partial charge is 0.462 e. The highest BCUT2D eigenvalue weighted by atomic mass is 32.1. The number of rotatable bonds is 8. The van der Waals surface area contributed by atoms with Crippen LogP contribution in [0.2, 0.25) is 0 Å². The highest BCUT2D eigenvalue weighted by Gasteiger charge is 2.25. The van der Waals surface area contributed by atoms with Gasteiger partial charge in [-0.3, -0.25) is 0 Å². The van der Waals surface area contributed by atoms with Crippen LogP contribution < -0.4 is 5.32 Å². The van der Waals surface area contributed by atoms with Crippen molar-refractivity contribution in [1.82, 2.24) is 4.90 Å². The molecule has 0 saturated heterocycles. The Bertz CT molecular complexity index is 766. The van der Waals surface area contributed by atoms with Crippen LogP contribution >= 0.6 is 23.6 Å². The van der Waals surface area contributed by atoms with Gasteiger partial charge in [0.2, 0.25) is 0 Å². The monoisotopic (exact) mass is 404 g/mol. The van der Waals surface area contributed by atoms with E-state index in [1.54, 1.807) is 11.3 Å². The molecule has 27 heavy (non-hydrogen) atoms. The summed E-state index contributed by atoms with van der Waals surface area (Å²) in [6, 6.07) is 9.95. The van der Waals surface area contributed by atoms with E-state index in [0.29, 0.717) is 17.3 Å². The topological polar surface area (TPSA) is 41.6 Å². The minimum Gasteiger partial charge on any atom is -0.462 e. The van der Waals surface area contributed by atoms with Gasteiger partial charge in [0.15, 0.2) is 5.11 Å². The first-order chi connectivity index (χ1) is 13.0. The van der Waals surface area contributed by atoms with Gasteiger partial charge in [0, 0.05) is 23.5 Å².